The molecule has 6 nitrogen and oxygen atoms in total. The average molecular weight is 379 g/mol. The lowest BCUT2D eigenvalue weighted by Gasteiger charge is -2.16. The third kappa shape index (κ3) is 3.41. The maximum absolute atomic E-state index is 13.4. The molecule has 9 heteroatoms. The average Bonchev–Trinajstić information content (AvgIpc) is 2.99. The van der Waals surface area contributed by atoms with Crippen molar-refractivity contribution in [1.29, 1.82) is 0 Å². The van der Waals surface area contributed by atoms with E-state index in [1.165, 1.54) is 16.8 Å². The molecule has 1 N–H and O–H groups in total. The Bertz CT molecular complexity index is 1020. The maximum Gasteiger partial charge on any atom is 0.270 e. The number of aromatic amines is 1. The fraction of sp³-hybridized carbons (Fsp3) is 0.389. The molecule has 3 aromatic rings. The van der Waals surface area contributed by atoms with Gasteiger partial charge in [-0.15, -0.1) is 0 Å². The van der Waals surface area contributed by atoms with Crippen molar-refractivity contribution in [3.05, 3.63) is 51.4 Å². The Morgan fingerprint density at radius 2 is 1.89 bits per heavy atom. The zero-order chi connectivity index (χ0) is 19.9. The highest BCUT2D eigenvalue weighted by Crippen LogP contribution is 2.29. The van der Waals surface area contributed by atoms with E-state index < -0.39 is 24.2 Å². The van der Waals surface area contributed by atoms with Gasteiger partial charge in [-0.2, -0.15) is 10.1 Å². The van der Waals surface area contributed by atoms with E-state index in [4.69, 9.17) is 0 Å². The number of fused-ring (bicyclic) bond motifs is 1. The number of hydrogen-bond donors (Lipinski definition) is 1. The molecule has 0 aliphatic carbocycles. The highest BCUT2D eigenvalue weighted by atomic mass is 19.3. The van der Waals surface area contributed by atoms with E-state index >= 15 is 0 Å². The number of alkyl halides is 3. The van der Waals surface area contributed by atoms with E-state index in [2.05, 4.69) is 15.1 Å². The van der Waals surface area contributed by atoms with Gasteiger partial charge in [-0.05, 0) is 12.5 Å². The van der Waals surface area contributed by atoms with Gasteiger partial charge in [-0.3, -0.25) is 9.78 Å². The number of hydrogen-bond acceptors (Lipinski definition) is 4. The molecule has 3 rings (SSSR count). The second-order valence-corrected chi connectivity index (χ2v) is 6.69. The van der Waals surface area contributed by atoms with Crippen LogP contribution < -0.4 is 10.5 Å². The van der Waals surface area contributed by atoms with Gasteiger partial charge in [0.25, 0.3) is 11.5 Å². The van der Waals surface area contributed by atoms with Gasteiger partial charge in [0.05, 0.1) is 6.04 Å². The third-order valence-corrected chi connectivity index (χ3v) is 4.44. The van der Waals surface area contributed by atoms with Crippen LogP contribution in [0, 0.1) is 0 Å². The Kier molecular flexibility index (Phi) is 4.71. The highest BCUT2D eigenvalue weighted by molar-refractivity contribution is 5.78. The lowest BCUT2D eigenvalue weighted by molar-refractivity contribution is 0.0174. The van der Waals surface area contributed by atoms with Crippen molar-refractivity contribution in [3.63, 3.8) is 0 Å². The van der Waals surface area contributed by atoms with Crippen LogP contribution in [0.2, 0.25) is 0 Å². The predicted octanol–water partition coefficient (Wildman–Crippen LogP) is 3.38. The summed E-state index contributed by atoms with van der Waals surface area (Å²) in [6, 6.07) is 5.40. The van der Waals surface area contributed by atoms with Crippen LogP contribution >= 0.6 is 0 Å². The normalized spacial score (nSPS) is 13.1. The molecule has 0 unspecified atom stereocenters. The van der Waals surface area contributed by atoms with E-state index in [1.54, 1.807) is 38.1 Å². The summed E-state index contributed by atoms with van der Waals surface area (Å²) in [6.07, 6.45) is 0. The zero-order valence-corrected chi connectivity index (χ0v) is 15.4. The second kappa shape index (κ2) is 6.71. The second-order valence-electron chi connectivity index (χ2n) is 6.69. The van der Waals surface area contributed by atoms with Gasteiger partial charge in [0.15, 0.2) is 5.65 Å². The zero-order valence-electron chi connectivity index (χ0n) is 15.4. The fourth-order valence-electron chi connectivity index (χ4n) is 2.87. The highest BCUT2D eigenvalue weighted by Gasteiger charge is 2.25. The van der Waals surface area contributed by atoms with Gasteiger partial charge in [-0.25, -0.2) is 17.9 Å². The van der Waals surface area contributed by atoms with E-state index in [1.807, 2.05) is 0 Å². The van der Waals surface area contributed by atoms with Crippen LogP contribution in [-0.2, 0) is 12.6 Å². The number of anilines is 1. The molecule has 1 aromatic carbocycles. The molecule has 1 atom stereocenters. The van der Waals surface area contributed by atoms with E-state index in [0.717, 1.165) is 6.92 Å². The van der Waals surface area contributed by atoms with Crippen molar-refractivity contribution in [2.75, 3.05) is 19.0 Å². The van der Waals surface area contributed by atoms with Gasteiger partial charge in [0.2, 0.25) is 5.95 Å². The monoisotopic (exact) mass is 379 g/mol. The van der Waals surface area contributed by atoms with Crippen molar-refractivity contribution in [3.8, 4) is 0 Å². The lowest BCUT2D eigenvalue weighted by Crippen LogP contribution is -2.20. The summed E-state index contributed by atoms with van der Waals surface area (Å²) in [5, 5.41) is 4.30. The largest absolute Gasteiger partial charge is 0.348 e. The summed E-state index contributed by atoms with van der Waals surface area (Å²) in [4.78, 5) is 21.0. The van der Waals surface area contributed by atoms with Gasteiger partial charge in [-0.1, -0.05) is 24.3 Å². The van der Waals surface area contributed by atoms with Gasteiger partial charge in [0.1, 0.15) is 17.8 Å². The topological polar surface area (TPSA) is 66.8 Å². The Hall–Kier alpha value is -2.84. The quantitative estimate of drug-likeness (QED) is 0.738. The van der Waals surface area contributed by atoms with Crippen molar-refractivity contribution >= 4 is 17.0 Å². The molecule has 0 bridgehead atoms. The number of rotatable bonds is 5. The first-order valence-electron chi connectivity index (χ1n) is 8.36. The Labute approximate surface area is 153 Å². The van der Waals surface area contributed by atoms with Crippen molar-refractivity contribution in [2.45, 2.75) is 32.5 Å². The molecular formula is C18H20F3N5O. The van der Waals surface area contributed by atoms with Gasteiger partial charge in [0, 0.05) is 26.6 Å². The third-order valence-electron chi connectivity index (χ3n) is 4.44. The van der Waals surface area contributed by atoms with Crippen LogP contribution in [-0.4, -0.2) is 33.8 Å². The Morgan fingerprint density at radius 3 is 2.41 bits per heavy atom. The Balaban J connectivity index is 2.14. The van der Waals surface area contributed by atoms with Crippen LogP contribution in [0.4, 0.5) is 19.1 Å². The molecule has 0 saturated carbocycles. The smallest absolute Gasteiger partial charge is 0.270 e. The fourth-order valence-corrected chi connectivity index (χ4v) is 2.87. The molecule has 0 radical (unpaired) electrons. The van der Waals surface area contributed by atoms with Crippen molar-refractivity contribution in [2.24, 2.45) is 0 Å². The number of benzene rings is 1. The summed E-state index contributed by atoms with van der Waals surface area (Å²) >= 11 is 0. The number of nitrogens with one attached hydrogen (secondary N) is 1. The molecule has 0 saturated heterocycles. The van der Waals surface area contributed by atoms with Gasteiger partial charge >= 0.3 is 0 Å². The predicted molar refractivity (Wildman–Crippen MR) is 97.1 cm³/mol. The number of H-pyrrole nitrogens is 1. The number of halogens is 3. The molecule has 0 fully saturated rings. The summed E-state index contributed by atoms with van der Waals surface area (Å²) < 4.78 is 41.7. The number of nitrogens with zero attached hydrogens (tertiary/aromatic N) is 4. The van der Waals surface area contributed by atoms with Crippen molar-refractivity contribution in [1.82, 2.24) is 19.7 Å². The minimum atomic E-state index is -2.93. The summed E-state index contributed by atoms with van der Waals surface area (Å²) in [5.41, 5.74) is 0.347. The van der Waals surface area contributed by atoms with Crippen LogP contribution in [0.25, 0.3) is 11.0 Å². The first-order valence-corrected chi connectivity index (χ1v) is 8.36. The minimum Gasteiger partial charge on any atom is -0.348 e. The van der Waals surface area contributed by atoms with Crippen LogP contribution in [0.1, 0.15) is 36.7 Å². The van der Waals surface area contributed by atoms with E-state index in [-0.39, 0.29) is 22.3 Å². The molecule has 0 aliphatic rings. The molecular weight excluding hydrogens is 359 g/mol. The molecule has 27 heavy (non-hydrogen) atoms. The lowest BCUT2D eigenvalue weighted by atomic mass is 10.0. The maximum atomic E-state index is 13.4. The van der Waals surface area contributed by atoms with Gasteiger partial charge < -0.3 is 4.90 Å². The summed E-state index contributed by atoms with van der Waals surface area (Å²) in [7, 11) is 3.43. The summed E-state index contributed by atoms with van der Waals surface area (Å²) in [5.74, 6) is -2.62. The van der Waals surface area contributed by atoms with Crippen LogP contribution in [0.15, 0.2) is 29.1 Å². The van der Waals surface area contributed by atoms with E-state index in [9.17, 15) is 18.0 Å². The van der Waals surface area contributed by atoms with Crippen LogP contribution in [0.3, 0.4) is 0 Å². The minimum absolute atomic E-state index is 0.00684. The number of aromatic nitrogens is 4. The molecule has 144 valence electrons. The molecule has 0 aliphatic heterocycles. The summed E-state index contributed by atoms with van der Waals surface area (Å²) in [6.45, 7) is 1.70. The Morgan fingerprint density at radius 1 is 1.26 bits per heavy atom. The van der Waals surface area contributed by atoms with Crippen LogP contribution in [0.5, 0.6) is 0 Å². The molecule has 2 heterocycles. The molecule has 2 aromatic heterocycles. The van der Waals surface area contributed by atoms with E-state index in [0.29, 0.717) is 11.5 Å². The molecule has 0 amide bonds. The first kappa shape index (κ1) is 18.9. The first-order chi connectivity index (χ1) is 12.6. The van der Waals surface area contributed by atoms with Crippen molar-refractivity contribution < 1.29 is 13.2 Å². The molecule has 0 spiro atoms. The SMILES string of the molecule is C[C@H](c1ccc(C(C)(F)F)cc1)n1nc(CF)c2c(=O)[nH]c(N(C)C)nc21. The standard InChI is InChI=1S/C18H20F3N5O/c1-10(11-5-7-12(8-6-11)18(2,20)21)26-15-14(13(9-19)24-26)16(27)23-17(22-15)25(3)4/h5-8,10H,9H2,1-4H3,(H,22,23,27)/t10-/m1/s1.